The molecule has 0 saturated carbocycles. The molecule has 0 saturated heterocycles. The molecule has 13 rings (SSSR count). The lowest BCUT2D eigenvalue weighted by Crippen LogP contribution is -2.25. The second kappa shape index (κ2) is 10.9. The number of fused-ring (bicyclic) bond motifs is 19. The molecular weight excluding hydrogens is 675 g/mol. The molecule has 2 aliphatic carbocycles. The van der Waals surface area contributed by atoms with Gasteiger partial charge in [0.05, 0.1) is 16.4 Å². The zero-order valence-corrected chi connectivity index (χ0v) is 30.5. The van der Waals surface area contributed by atoms with Crippen LogP contribution in [0, 0.1) is 0 Å². The van der Waals surface area contributed by atoms with E-state index in [1.54, 1.807) is 0 Å². The van der Waals surface area contributed by atoms with E-state index in [2.05, 4.69) is 205 Å². The summed E-state index contributed by atoms with van der Waals surface area (Å²) in [6.07, 6.45) is 0. The average molecular weight is 708 g/mol. The van der Waals surface area contributed by atoms with Crippen LogP contribution in [0.25, 0.3) is 93.2 Å². The summed E-state index contributed by atoms with van der Waals surface area (Å²) < 4.78 is 2.40. The first kappa shape index (κ1) is 30.1. The van der Waals surface area contributed by atoms with Crippen molar-refractivity contribution in [1.29, 1.82) is 0 Å². The van der Waals surface area contributed by atoms with Gasteiger partial charge in [-0.15, -0.1) is 0 Å². The first-order valence-corrected chi connectivity index (χ1v) is 19.6. The van der Waals surface area contributed by atoms with Crippen molar-refractivity contribution in [1.82, 2.24) is 4.57 Å². The summed E-state index contributed by atoms with van der Waals surface area (Å²) in [7, 11) is 0. The van der Waals surface area contributed by atoms with Gasteiger partial charge in [-0.2, -0.15) is 0 Å². The highest BCUT2D eigenvalue weighted by Crippen LogP contribution is 2.64. The Bertz CT molecular complexity index is 3480. The van der Waals surface area contributed by atoms with Crippen LogP contribution in [0.1, 0.15) is 22.3 Å². The van der Waals surface area contributed by atoms with Crippen molar-refractivity contribution >= 4 is 54.1 Å². The van der Waals surface area contributed by atoms with Gasteiger partial charge in [-0.25, -0.2) is 0 Å². The molecule has 1 nitrogen and oxygen atoms in total. The van der Waals surface area contributed by atoms with Crippen LogP contribution in [0.2, 0.25) is 0 Å². The number of rotatable bonds is 2. The highest BCUT2D eigenvalue weighted by molar-refractivity contribution is 6.26. The molecule has 1 unspecified atom stereocenters. The van der Waals surface area contributed by atoms with Gasteiger partial charge in [-0.05, 0) is 130 Å². The van der Waals surface area contributed by atoms with Gasteiger partial charge in [0.25, 0.3) is 0 Å². The lowest BCUT2D eigenvalue weighted by Gasteiger charge is -2.31. The van der Waals surface area contributed by atoms with E-state index in [9.17, 15) is 0 Å². The molecule has 1 heterocycles. The van der Waals surface area contributed by atoms with Crippen molar-refractivity contribution < 1.29 is 0 Å². The maximum atomic E-state index is 2.56. The van der Waals surface area contributed by atoms with Gasteiger partial charge < -0.3 is 4.57 Å². The fourth-order valence-corrected chi connectivity index (χ4v) is 10.8. The summed E-state index contributed by atoms with van der Waals surface area (Å²) >= 11 is 0. The maximum absolute atomic E-state index is 2.56. The normalized spacial score (nSPS) is 15.2. The molecule has 1 spiro atoms. The van der Waals surface area contributed by atoms with Crippen molar-refractivity contribution in [2.75, 3.05) is 0 Å². The molecule has 0 radical (unpaired) electrons. The number of hydrogen-bond donors (Lipinski definition) is 0. The SMILES string of the molecule is c1ccc(-n2c3ccccc3c3cc(-c4cccc5c4-c4ccccc4C54c5ccccc5-c5cc6c7ccccc7c7ccccc7c6cc54)ccc32)cc1. The molecule has 11 aromatic rings. The molecule has 56 heavy (non-hydrogen) atoms. The minimum atomic E-state index is -0.456. The number of benzene rings is 10. The van der Waals surface area contributed by atoms with E-state index >= 15 is 0 Å². The van der Waals surface area contributed by atoms with Gasteiger partial charge in [0, 0.05) is 16.5 Å². The van der Waals surface area contributed by atoms with Crippen molar-refractivity contribution in [2.24, 2.45) is 0 Å². The van der Waals surface area contributed by atoms with Crippen LogP contribution in [0.5, 0.6) is 0 Å². The first-order valence-electron chi connectivity index (χ1n) is 19.6. The molecule has 0 amide bonds. The Morgan fingerprint density at radius 1 is 0.286 bits per heavy atom. The van der Waals surface area contributed by atoms with E-state index in [4.69, 9.17) is 0 Å². The Balaban J connectivity index is 1.12. The summed E-state index contributed by atoms with van der Waals surface area (Å²) in [6, 6.07) is 75.0. The summed E-state index contributed by atoms with van der Waals surface area (Å²) in [6.45, 7) is 0. The third-order valence-electron chi connectivity index (χ3n) is 13.0. The van der Waals surface area contributed by atoms with E-state index in [0.717, 1.165) is 0 Å². The van der Waals surface area contributed by atoms with Crippen LogP contribution >= 0.6 is 0 Å². The Kier molecular flexibility index (Phi) is 5.89. The largest absolute Gasteiger partial charge is 0.309 e. The van der Waals surface area contributed by atoms with E-state index in [1.807, 2.05) is 0 Å². The highest BCUT2D eigenvalue weighted by atomic mass is 15.0. The third kappa shape index (κ3) is 3.70. The van der Waals surface area contributed by atoms with E-state index in [1.165, 1.54) is 115 Å². The Labute approximate surface area is 324 Å². The molecule has 0 fully saturated rings. The average Bonchev–Trinajstić information content (AvgIpc) is 3.87. The van der Waals surface area contributed by atoms with Gasteiger partial charge in [0.15, 0.2) is 0 Å². The maximum Gasteiger partial charge on any atom is 0.0725 e. The topological polar surface area (TPSA) is 4.93 Å². The zero-order valence-electron chi connectivity index (χ0n) is 30.5. The highest BCUT2D eigenvalue weighted by Gasteiger charge is 2.52. The Hall–Kier alpha value is -7.22. The lowest BCUT2D eigenvalue weighted by atomic mass is 9.70. The molecule has 1 heteroatoms. The van der Waals surface area contributed by atoms with Crippen LogP contribution in [0.3, 0.4) is 0 Å². The van der Waals surface area contributed by atoms with Crippen LogP contribution in [0.4, 0.5) is 0 Å². The first-order chi connectivity index (χ1) is 27.8. The van der Waals surface area contributed by atoms with Crippen LogP contribution < -0.4 is 0 Å². The second-order valence-corrected chi connectivity index (χ2v) is 15.5. The van der Waals surface area contributed by atoms with Gasteiger partial charge in [0.1, 0.15) is 0 Å². The summed E-state index contributed by atoms with van der Waals surface area (Å²) in [5.74, 6) is 0. The molecule has 10 aromatic carbocycles. The van der Waals surface area contributed by atoms with E-state index < -0.39 is 5.41 Å². The van der Waals surface area contributed by atoms with Crippen molar-refractivity contribution in [3.05, 3.63) is 222 Å². The van der Waals surface area contributed by atoms with Crippen LogP contribution in [-0.2, 0) is 5.41 Å². The van der Waals surface area contributed by atoms with Gasteiger partial charge in [0.2, 0.25) is 0 Å². The monoisotopic (exact) mass is 707 g/mol. The summed E-state index contributed by atoms with van der Waals surface area (Å²) in [5.41, 5.74) is 16.4. The van der Waals surface area contributed by atoms with E-state index in [-0.39, 0.29) is 0 Å². The molecule has 1 atom stereocenters. The smallest absolute Gasteiger partial charge is 0.0725 e. The fraction of sp³-hybridized carbons (Fsp3) is 0.0182. The molecule has 0 bridgehead atoms. The number of aromatic nitrogens is 1. The molecule has 258 valence electrons. The number of para-hydroxylation sites is 2. The van der Waals surface area contributed by atoms with Crippen LogP contribution in [-0.4, -0.2) is 4.57 Å². The minimum absolute atomic E-state index is 0.456. The standard InChI is InChI=1S/C55H33N/c1-2-15-35(16-3-1)56-52-28-13-10-22-42(52)47-31-34(29-30-53(47)56)36-24-14-27-50-54(36)43-23-9-12-26-49(43)55(50)48-25-11-8-21-41(48)46-32-44-39-19-6-4-17-37(39)38-18-5-7-20-40(38)45(44)33-51(46)55/h1-33H. The minimum Gasteiger partial charge on any atom is -0.309 e. The quantitative estimate of drug-likeness (QED) is 0.158. The third-order valence-corrected chi connectivity index (χ3v) is 13.0. The van der Waals surface area contributed by atoms with Gasteiger partial charge in [-0.1, -0.05) is 158 Å². The van der Waals surface area contributed by atoms with Crippen LogP contribution in [0.15, 0.2) is 200 Å². The van der Waals surface area contributed by atoms with Gasteiger partial charge in [-0.3, -0.25) is 0 Å². The molecule has 0 aliphatic heterocycles. The molecular formula is C55H33N. The Morgan fingerprint density at radius 2 is 0.821 bits per heavy atom. The number of hydrogen-bond acceptors (Lipinski definition) is 0. The van der Waals surface area contributed by atoms with Crippen molar-refractivity contribution in [2.45, 2.75) is 5.41 Å². The Morgan fingerprint density at radius 3 is 1.57 bits per heavy atom. The lowest BCUT2D eigenvalue weighted by molar-refractivity contribution is 0.795. The van der Waals surface area contributed by atoms with E-state index in [0.29, 0.717) is 0 Å². The zero-order chi connectivity index (χ0) is 36.5. The summed E-state index contributed by atoms with van der Waals surface area (Å²) in [4.78, 5) is 0. The predicted octanol–water partition coefficient (Wildman–Crippen LogP) is 14.3. The predicted molar refractivity (Wildman–Crippen MR) is 235 cm³/mol. The van der Waals surface area contributed by atoms with Crippen molar-refractivity contribution in [3.63, 3.8) is 0 Å². The molecule has 2 aliphatic rings. The second-order valence-electron chi connectivity index (χ2n) is 15.5. The van der Waals surface area contributed by atoms with Gasteiger partial charge >= 0.3 is 0 Å². The molecule has 0 N–H and O–H groups in total. The number of nitrogens with zero attached hydrogens (tertiary/aromatic N) is 1. The fourth-order valence-electron chi connectivity index (χ4n) is 10.8. The molecule has 1 aromatic heterocycles. The van der Waals surface area contributed by atoms with Crippen molar-refractivity contribution in [3.8, 4) is 39.1 Å². The summed E-state index contributed by atoms with van der Waals surface area (Å²) in [5, 5.41) is 10.4.